The highest BCUT2D eigenvalue weighted by atomic mass is 16.5. The smallest absolute Gasteiger partial charge is 0.120 e. The van der Waals surface area contributed by atoms with Crippen molar-refractivity contribution in [1.82, 2.24) is 4.90 Å². The van der Waals surface area contributed by atoms with Gasteiger partial charge in [-0.05, 0) is 30.3 Å². The van der Waals surface area contributed by atoms with E-state index in [1.54, 1.807) is 24.3 Å². The van der Waals surface area contributed by atoms with E-state index in [1.807, 2.05) is 6.07 Å². The molecular weight excluding hydrogens is 314 g/mol. The van der Waals surface area contributed by atoms with Crippen LogP contribution in [0.4, 0.5) is 5.69 Å². The third kappa shape index (κ3) is 4.96. The maximum Gasteiger partial charge on any atom is 0.120 e. The lowest BCUT2D eigenvalue weighted by Gasteiger charge is -2.36. The fourth-order valence-electron chi connectivity index (χ4n) is 3.03. The summed E-state index contributed by atoms with van der Waals surface area (Å²) in [6.07, 6.45) is -0.547. The zero-order valence-corrected chi connectivity index (χ0v) is 14.2. The zero-order valence-electron chi connectivity index (χ0n) is 14.2. The number of hydrogen-bond acceptors (Lipinski definition) is 5. The molecule has 0 amide bonds. The van der Waals surface area contributed by atoms with Gasteiger partial charge in [0.05, 0.1) is 11.6 Å². The van der Waals surface area contributed by atoms with Gasteiger partial charge in [-0.3, -0.25) is 4.90 Å². The van der Waals surface area contributed by atoms with Crippen LogP contribution in [0.1, 0.15) is 5.56 Å². The van der Waals surface area contributed by atoms with Crippen LogP contribution >= 0.6 is 0 Å². The van der Waals surface area contributed by atoms with E-state index in [2.05, 4.69) is 40.1 Å². The first kappa shape index (κ1) is 17.3. The molecule has 1 N–H and O–H groups in total. The molecule has 5 nitrogen and oxygen atoms in total. The highest BCUT2D eigenvalue weighted by molar-refractivity contribution is 5.46. The second-order valence-electron chi connectivity index (χ2n) is 6.23. The zero-order chi connectivity index (χ0) is 17.5. The van der Waals surface area contributed by atoms with Crippen LogP contribution in [-0.4, -0.2) is 55.4 Å². The molecular formula is C20H23N3O2. The Morgan fingerprint density at radius 2 is 1.80 bits per heavy atom. The molecule has 2 aromatic carbocycles. The van der Waals surface area contributed by atoms with E-state index < -0.39 is 6.10 Å². The van der Waals surface area contributed by atoms with Crippen molar-refractivity contribution in [3.05, 3.63) is 60.2 Å². The summed E-state index contributed by atoms with van der Waals surface area (Å²) in [5, 5.41) is 19.1. The molecule has 1 heterocycles. The minimum absolute atomic E-state index is 0.230. The molecule has 1 saturated heterocycles. The van der Waals surface area contributed by atoms with Crippen LogP contribution in [0.2, 0.25) is 0 Å². The Morgan fingerprint density at radius 3 is 2.52 bits per heavy atom. The fraction of sp³-hybridized carbons (Fsp3) is 0.350. The van der Waals surface area contributed by atoms with Gasteiger partial charge in [0.2, 0.25) is 0 Å². The fourth-order valence-corrected chi connectivity index (χ4v) is 3.03. The predicted octanol–water partition coefficient (Wildman–Crippen LogP) is 2.12. The number of rotatable bonds is 6. The van der Waals surface area contributed by atoms with Gasteiger partial charge in [-0.1, -0.05) is 24.3 Å². The number of β-amino-alcohol motifs (C(OH)–C–C–N with tert-alkyl or cyclic N) is 1. The Bertz CT molecular complexity index is 706. The molecule has 25 heavy (non-hydrogen) atoms. The van der Waals surface area contributed by atoms with Crippen molar-refractivity contribution >= 4 is 5.69 Å². The van der Waals surface area contributed by atoms with Crippen molar-refractivity contribution in [2.24, 2.45) is 0 Å². The first-order valence-corrected chi connectivity index (χ1v) is 8.58. The molecule has 0 saturated carbocycles. The van der Waals surface area contributed by atoms with Crippen LogP contribution < -0.4 is 9.64 Å². The molecule has 0 radical (unpaired) electrons. The van der Waals surface area contributed by atoms with Crippen molar-refractivity contribution in [2.45, 2.75) is 6.10 Å². The van der Waals surface area contributed by atoms with Gasteiger partial charge in [-0.15, -0.1) is 0 Å². The van der Waals surface area contributed by atoms with E-state index >= 15 is 0 Å². The Balaban J connectivity index is 1.42. The van der Waals surface area contributed by atoms with Gasteiger partial charge >= 0.3 is 0 Å². The monoisotopic (exact) mass is 337 g/mol. The number of para-hydroxylation sites is 1. The van der Waals surface area contributed by atoms with E-state index in [0.717, 1.165) is 26.2 Å². The molecule has 0 spiro atoms. The molecule has 3 rings (SSSR count). The van der Waals surface area contributed by atoms with E-state index in [9.17, 15) is 5.11 Å². The third-order valence-electron chi connectivity index (χ3n) is 4.37. The van der Waals surface area contributed by atoms with Crippen molar-refractivity contribution in [2.75, 3.05) is 44.2 Å². The first-order valence-electron chi connectivity index (χ1n) is 8.58. The molecule has 0 aliphatic carbocycles. The van der Waals surface area contributed by atoms with Crippen LogP contribution in [0.15, 0.2) is 54.6 Å². The van der Waals surface area contributed by atoms with Crippen LogP contribution in [0.25, 0.3) is 0 Å². The molecule has 1 aliphatic heterocycles. The molecule has 1 unspecified atom stereocenters. The highest BCUT2D eigenvalue weighted by Crippen LogP contribution is 2.16. The normalized spacial score (nSPS) is 16.2. The minimum Gasteiger partial charge on any atom is -0.491 e. The number of anilines is 1. The van der Waals surface area contributed by atoms with Crippen LogP contribution in [-0.2, 0) is 0 Å². The number of hydrogen-bond donors (Lipinski definition) is 1. The maximum atomic E-state index is 10.2. The first-order chi connectivity index (χ1) is 12.2. The van der Waals surface area contributed by atoms with Crippen LogP contribution in [0.5, 0.6) is 5.75 Å². The summed E-state index contributed by atoms with van der Waals surface area (Å²) in [5.74, 6) is 0.618. The average molecular weight is 337 g/mol. The number of aliphatic hydroxyl groups is 1. The summed E-state index contributed by atoms with van der Waals surface area (Å²) in [7, 11) is 0. The van der Waals surface area contributed by atoms with E-state index in [0.29, 0.717) is 17.9 Å². The van der Waals surface area contributed by atoms with Gasteiger partial charge in [-0.25, -0.2) is 0 Å². The second-order valence-corrected chi connectivity index (χ2v) is 6.23. The lowest BCUT2D eigenvalue weighted by atomic mass is 10.2. The van der Waals surface area contributed by atoms with Gasteiger partial charge in [0.25, 0.3) is 0 Å². The number of nitrogens with zero attached hydrogens (tertiary/aromatic N) is 3. The van der Waals surface area contributed by atoms with Crippen molar-refractivity contribution in [1.29, 1.82) is 5.26 Å². The number of nitriles is 1. The topological polar surface area (TPSA) is 59.7 Å². The summed E-state index contributed by atoms with van der Waals surface area (Å²) in [4.78, 5) is 4.63. The molecule has 1 atom stereocenters. The van der Waals surface area contributed by atoms with Gasteiger partial charge in [-0.2, -0.15) is 5.26 Å². The third-order valence-corrected chi connectivity index (χ3v) is 4.37. The molecule has 0 bridgehead atoms. The molecule has 130 valence electrons. The Morgan fingerprint density at radius 1 is 1.04 bits per heavy atom. The van der Waals surface area contributed by atoms with Crippen LogP contribution in [0.3, 0.4) is 0 Å². The van der Waals surface area contributed by atoms with Gasteiger partial charge in [0, 0.05) is 38.4 Å². The standard InChI is InChI=1S/C20H23N3O2/c21-14-17-5-4-8-20(13-17)25-16-19(24)15-22-9-11-23(12-10-22)18-6-2-1-3-7-18/h1-8,13,19,24H,9-12,15-16H2. The van der Waals surface area contributed by atoms with Crippen molar-refractivity contribution in [3.63, 3.8) is 0 Å². The molecule has 1 aliphatic rings. The summed E-state index contributed by atoms with van der Waals surface area (Å²) < 4.78 is 5.60. The lowest BCUT2D eigenvalue weighted by molar-refractivity contribution is 0.0663. The maximum absolute atomic E-state index is 10.2. The second kappa shape index (κ2) is 8.52. The van der Waals surface area contributed by atoms with E-state index in [-0.39, 0.29) is 6.61 Å². The number of benzene rings is 2. The Labute approximate surface area is 148 Å². The summed E-state index contributed by atoms with van der Waals surface area (Å²) in [5.41, 5.74) is 1.81. The molecule has 2 aromatic rings. The highest BCUT2D eigenvalue weighted by Gasteiger charge is 2.19. The van der Waals surface area contributed by atoms with Crippen molar-refractivity contribution in [3.8, 4) is 11.8 Å². The number of piperazine rings is 1. The van der Waals surface area contributed by atoms with E-state index in [4.69, 9.17) is 10.00 Å². The number of ether oxygens (including phenoxy) is 1. The Hall–Kier alpha value is -2.55. The Kier molecular flexibility index (Phi) is 5.89. The molecule has 1 fully saturated rings. The van der Waals surface area contributed by atoms with Gasteiger partial charge in [0.1, 0.15) is 18.5 Å². The average Bonchev–Trinajstić information content (AvgIpc) is 2.68. The van der Waals surface area contributed by atoms with Crippen molar-refractivity contribution < 1.29 is 9.84 Å². The summed E-state index contributed by atoms with van der Waals surface area (Å²) >= 11 is 0. The molecule has 5 heteroatoms. The van der Waals surface area contributed by atoms with Gasteiger partial charge < -0.3 is 14.7 Å². The largest absolute Gasteiger partial charge is 0.491 e. The summed E-state index contributed by atoms with van der Waals surface area (Å²) in [6.45, 7) is 4.60. The van der Waals surface area contributed by atoms with Crippen LogP contribution in [0, 0.1) is 11.3 Å². The lowest BCUT2D eigenvalue weighted by Crippen LogP contribution is -2.49. The predicted molar refractivity (Wildman–Crippen MR) is 97.8 cm³/mol. The van der Waals surface area contributed by atoms with Gasteiger partial charge in [0.15, 0.2) is 0 Å². The minimum atomic E-state index is -0.547. The molecule has 0 aromatic heterocycles. The SMILES string of the molecule is N#Cc1cccc(OCC(O)CN2CCN(c3ccccc3)CC2)c1. The number of aliphatic hydroxyl groups excluding tert-OH is 1. The summed E-state index contributed by atoms with van der Waals surface area (Å²) in [6, 6.07) is 19.5. The quantitative estimate of drug-likeness (QED) is 0.875. The van der Waals surface area contributed by atoms with E-state index in [1.165, 1.54) is 5.69 Å².